The first-order valence-electron chi connectivity index (χ1n) is 6.76. The summed E-state index contributed by atoms with van der Waals surface area (Å²) in [6, 6.07) is 7.85. The van der Waals surface area contributed by atoms with Crippen LogP contribution in [0.15, 0.2) is 24.3 Å². The number of carboxylic acid groups (broad SMARTS) is 1. The summed E-state index contributed by atoms with van der Waals surface area (Å²) in [6.45, 7) is 4.20. The number of benzene rings is 1. The molecule has 0 unspecified atom stereocenters. The Hall–Kier alpha value is -1.55. The van der Waals surface area contributed by atoms with E-state index in [1.54, 1.807) is 0 Å². The Balaban J connectivity index is 2.10. The van der Waals surface area contributed by atoms with Gasteiger partial charge in [-0.15, -0.1) is 0 Å². The van der Waals surface area contributed by atoms with E-state index in [2.05, 4.69) is 11.8 Å². The zero-order chi connectivity index (χ0) is 13.8. The van der Waals surface area contributed by atoms with E-state index in [9.17, 15) is 9.90 Å². The third kappa shape index (κ3) is 3.26. The van der Waals surface area contributed by atoms with Crippen molar-refractivity contribution in [3.63, 3.8) is 0 Å². The molecular formula is C15H21NO3. The normalized spacial score (nSPS) is 23.5. The Morgan fingerprint density at radius 1 is 1.37 bits per heavy atom. The van der Waals surface area contributed by atoms with Crippen LogP contribution in [0.4, 0.5) is 0 Å². The first kappa shape index (κ1) is 13.9. The fourth-order valence-electron chi connectivity index (χ4n) is 2.62. The maximum atomic E-state index is 11.3. The predicted octanol–water partition coefficient (Wildman–Crippen LogP) is 2.21. The van der Waals surface area contributed by atoms with Crippen LogP contribution < -0.4 is 4.74 Å². The van der Waals surface area contributed by atoms with E-state index >= 15 is 0 Å². The fraction of sp³-hybridized carbons (Fsp3) is 0.533. The van der Waals surface area contributed by atoms with Gasteiger partial charge in [0.05, 0.1) is 12.5 Å². The molecule has 1 N–H and O–H groups in total. The minimum absolute atomic E-state index is 0.0720. The number of ether oxygens (including phenoxy) is 1. The highest BCUT2D eigenvalue weighted by Crippen LogP contribution is 2.32. The zero-order valence-electron chi connectivity index (χ0n) is 11.5. The standard InChI is InChI=1S/C15H21NO3/c1-3-8-19-12-6-4-11(5-7-12)13-9-16(2)10-14(13)15(17)18/h4-7,13-14H,3,8-10H2,1-2H3,(H,17,18)/t13-,14-/m0/s1. The predicted molar refractivity (Wildman–Crippen MR) is 73.6 cm³/mol. The molecule has 4 heteroatoms. The molecule has 0 bridgehead atoms. The molecule has 1 aromatic carbocycles. The monoisotopic (exact) mass is 263 g/mol. The van der Waals surface area contributed by atoms with Crippen LogP contribution in [0.25, 0.3) is 0 Å². The molecule has 1 heterocycles. The van der Waals surface area contributed by atoms with Crippen molar-refractivity contribution < 1.29 is 14.6 Å². The average Bonchev–Trinajstić information content (AvgIpc) is 2.79. The summed E-state index contributed by atoms with van der Waals surface area (Å²) in [5.74, 6) is -0.0976. The second-order valence-electron chi connectivity index (χ2n) is 5.19. The Bertz CT molecular complexity index is 430. The maximum Gasteiger partial charge on any atom is 0.308 e. The minimum Gasteiger partial charge on any atom is -0.494 e. The van der Waals surface area contributed by atoms with Crippen LogP contribution in [0.2, 0.25) is 0 Å². The molecule has 0 spiro atoms. The van der Waals surface area contributed by atoms with Crippen molar-refractivity contribution >= 4 is 5.97 Å². The van der Waals surface area contributed by atoms with E-state index in [4.69, 9.17) is 4.74 Å². The smallest absolute Gasteiger partial charge is 0.308 e. The average molecular weight is 263 g/mol. The van der Waals surface area contributed by atoms with Gasteiger partial charge in [0.1, 0.15) is 5.75 Å². The number of carboxylic acids is 1. The molecule has 0 aliphatic carbocycles. The van der Waals surface area contributed by atoms with Gasteiger partial charge < -0.3 is 14.7 Å². The largest absolute Gasteiger partial charge is 0.494 e. The van der Waals surface area contributed by atoms with E-state index in [0.29, 0.717) is 13.2 Å². The number of hydrogen-bond acceptors (Lipinski definition) is 3. The van der Waals surface area contributed by atoms with Crippen molar-refractivity contribution in [2.75, 3.05) is 26.7 Å². The second-order valence-corrected chi connectivity index (χ2v) is 5.19. The van der Waals surface area contributed by atoms with Crippen molar-refractivity contribution in [3.8, 4) is 5.75 Å². The van der Waals surface area contributed by atoms with Gasteiger partial charge in [0.25, 0.3) is 0 Å². The van der Waals surface area contributed by atoms with E-state index in [-0.39, 0.29) is 11.8 Å². The van der Waals surface area contributed by atoms with Crippen molar-refractivity contribution in [3.05, 3.63) is 29.8 Å². The van der Waals surface area contributed by atoms with E-state index in [1.165, 1.54) is 0 Å². The molecule has 1 saturated heterocycles. The molecule has 0 saturated carbocycles. The third-order valence-electron chi connectivity index (χ3n) is 3.60. The van der Waals surface area contributed by atoms with Crippen LogP contribution in [0.5, 0.6) is 5.75 Å². The van der Waals surface area contributed by atoms with Crippen molar-refractivity contribution in [2.45, 2.75) is 19.3 Å². The maximum absolute atomic E-state index is 11.3. The van der Waals surface area contributed by atoms with Crippen LogP contribution in [0.1, 0.15) is 24.8 Å². The molecule has 0 radical (unpaired) electrons. The number of nitrogens with zero attached hydrogens (tertiary/aromatic N) is 1. The van der Waals surface area contributed by atoms with Crippen molar-refractivity contribution in [1.29, 1.82) is 0 Å². The lowest BCUT2D eigenvalue weighted by molar-refractivity contribution is -0.141. The van der Waals surface area contributed by atoms with Gasteiger partial charge >= 0.3 is 5.97 Å². The highest BCUT2D eigenvalue weighted by molar-refractivity contribution is 5.72. The number of aliphatic carboxylic acids is 1. The molecule has 1 aromatic rings. The molecule has 0 amide bonds. The fourth-order valence-corrected chi connectivity index (χ4v) is 2.62. The molecule has 2 rings (SSSR count). The topological polar surface area (TPSA) is 49.8 Å². The highest BCUT2D eigenvalue weighted by atomic mass is 16.5. The summed E-state index contributed by atoms with van der Waals surface area (Å²) in [5, 5.41) is 9.28. The Kier molecular flexibility index (Phi) is 4.43. The van der Waals surface area contributed by atoms with Gasteiger partial charge in [-0.1, -0.05) is 19.1 Å². The van der Waals surface area contributed by atoms with Crippen LogP contribution in [-0.2, 0) is 4.79 Å². The molecule has 1 aliphatic heterocycles. The molecular weight excluding hydrogens is 242 g/mol. The van der Waals surface area contributed by atoms with Crippen LogP contribution in [-0.4, -0.2) is 42.7 Å². The summed E-state index contributed by atoms with van der Waals surface area (Å²) in [5.41, 5.74) is 1.08. The van der Waals surface area contributed by atoms with Gasteiger partial charge in [-0.2, -0.15) is 0 Å². The Morgan fingerprint density at radius 2 is 2.05 bits per heavy atom. The third-order valence-corrected chi connectivity index (χ3v) is 3.60. The SMILES string of the molecule is CCCOc1ccc([C@@H]2CN(C)C[C@@H]2C(=O)O)cc1. The van der Waals surface area contributed by atoms with Gasteiger partial charge in [0, 0.05) is 19.0 Å². The van der Waals surface area contributed by atoms with Crippen LogP contribution >= 0.6 is 0 Å². The molecule has 104 valence electrons. The minimum atomic E-state index is -0.708. The van der Waals surface area contributed by atoms with Crippen molar-refractivity contribution in [1.82, 2.24) is 4.90 Å². The number of carbonyl (C=O) groups is 1. The van der Waals surface area contributed by atoms with Gasteiger partial charge in [0.15, 0.2) is 0 Å². The second kappa shape index (κ2) is 6.06. The molecule has 1 aliphatic rings. The first-order valence-corrected chi connectivity index (χ1v) is 6.76. The van der Waals surface area contributed by atoms with Gasteiger partial charge in [-0.05, 0) is 31.2 Å². The lowest BCUT2D eigenvalue weighted by atomic mass is 9.89. The highest BCUT2D eigenvalue weighted by Gasteiger charge is 2.36. The van der Waals surface area contributed by atoms with E-state index in [0.717, 1.165) is 24.3 Å². The number of likely N-dealkylation sites (tertiary alicyclic amines) is 1. The zero-order valence-corrected chi connectivity index (χ0v) is 11.5. The lowest BCUT2D eigenvalue weighted by Crippen LogP contribution is -2.21. The lowest BCUT2D eigenvalue weighted by Gasteiger charge is -2.15. The number of likely N-dealkylation sites (N-methyl/N-ethyl adjacent to an activating group) is 1. The van der Waals surface area contributed by atoms with Gasteiger partial charge in [-0.25, -0.2) is 0 Å². The Labute approximate surface area is 114 Å². The van der Waals surface area contributed by atoms with E-state index < -0.39 is 5.97 Å². The molecule has 1 fully saturated rings. The number of rotatable bonds is 5. The summed E-state index contributed by atoms with van der Waals surface area (Å²) in [4.78, 5) is 13.4. The quantitative estimate of drug-likeness (QED) is 0.885. The molecule has 2 atom stereocenters. The van der Waals surface area contributed by atoms with E-state index in [1.807, 2.05) is 31.3 Å². The van der Waals surface area contributed by atoms with Crippen LogP contribution in [0, 0.1) is 5.92 Å². The summed E-state index contributed by atoms with van der Waals surface area (Å²) in [7, 11) is 1.97. The van der Waals surface area contributed by atoms with Crippen LogP contribution in [0.3, 0.4) is 0 Å². The molecule has 4 nitrogen and oxygen atoms in total. The van der Waals surface area contributed by atoms with Gasteiger partial charge in [-0.3, -0.25) is 4.79 Å². The first-order chi connectivity index (χ1) is 9.11. The molecule has 0 aromatic heterocycles. The van der Waals surface area contributed by atoms with Crippen molar-refractivity contribution in [2.24, 2.45) is 5.92 Å². The van der Waals surface area contributed by atoms with Gasteiger partial charge in [0.2, 0.25) is 0 Å². The number of hydrogen-bond donors (Lipinski definition) is 1. The molecule has 19 heavy (non-hydrogen) atoms. The Morgan fingerprint density at radius 3 is 2.63 bits per heavy atom. The summed E-state index contributed by atoms with van der Waals surface area (Å²) < 4.78 is 5.54. The summed E-state index contributed by atoms with van der Waals surface area (Å²) >= 11 is 0. The summed E-state index contributed by atoms with van der Waals surface area (Å²) in [6.07, 6.45) is 0.982.